The second-order valence-corrected chi connectivity index (χ2v) is 6.16. The Morgan fingerprint density at radius 3 is 2.15 bits per heavy atom. The lowest BCUT2D eigenvalue weighted by Crippen LogP contribution is -2.41. The van der Waals surface area contributed by atoms with Gasteiger partial charge in [-0.3, -0.25) is 9.59 Å². The van der Waals surface area contributed by atoms with E-state index in [0.717, 1.165) is 25.7 Å². The van der Waals surface area contributed by atoms with E-state index in [2.05, 4.69) is 0 Å². The normalized spacial score (nSPS) is 17.6. The summed E-state index contributed by atoms with van der Waals surface area (Å²) in [5.41, 5.74) is 0. The van der Waals surface area contributed by atoms with Crippen LogP contribution in [0.1, 0.15) is 71.6 Å². The Morgan fingerprint density at radius 2 is 1.65 bits per heavy atom. The molecule has 1 fully saturated rings. The molecule has 0 aromatic heterocycles. The molecule has 0 aromatic rings. The molecule has 0 atom stereocenters. The van der Waals surface area contributed by atoms with Crippen LogP contribution in [-0.2, 0) is 9.59 Å². The maximum atomic E-state index is 12.7. The molecule has 0 radical (unpaired) electrons. The van der Waals surface area contributed by atoms with Gasteiger partial charge in [-0.15, -0.1) is 0 Å². The van der Waals surface area contributed by atoms with Gasteiger partial charge in [0, 0.05) is 24.9 Å². The molecule has 0 unspecified atom stereocenters. The zero-order chi connectivity index (χ0) is 15.0. The molecule has 0 saturated heterocycles. The van der Waals surface area contributed by atoms with Crippen molar-refractivity contribution in [1.29, 1.82) is 0 Å². The molecule has 1 aliphatic rings. The van der Waals surface area contributed by atoms with Gasteiger partial charge in [-0.05, 0) is 33.1 Å². The molecular weight excluding hydrogens is 254 g/mol. The van der Waals surface area contributed by atoms with Crippen LogP contribution in [-0.4, -0.2) is 34.5 Å². The number of carbonyl (C=O) groups excluding carboxylic acids is 1. The largest absolute Gasteiger partial charge is 0.481 e. The lowest BCUT2D eigenvalue weighted by molar-refractivity contribution is -0.140. The Labute approximate surface area is 122 Å². The zero-order valence-electron chi connectivity index (χ0n) is 12.9. The Hall–Kier alpha value is -1.06. The standard InChI is InChI=1S/C16H29NO3/c1-13(2)17(12-8-11-15(18)19)16(20)14-9-6-4-3-5-7-10-14/h13-14H,3-12H2,1-2H3,(H,18,19). The number of nitrogens with zero attached hydrogens (tertiary/aromatic N) is 1. The summed E-state index contributed by atoms with van der Waals surface area (Å²) in [7, 11) is 0. The average molecular weight is 283 g/mol. The van der Waals surface area contributed by atoms with Crippen LogP contribution >= 0.6 is 0 Å². The van der Waals surface area contributed by atoms with Crippen LogP contribution in [0.5, 0.6) is 0 Å². The molecule has 0 spiro atoms. The molecule has 116 valence electrons. The molecule has 0 aliphatic heterocycles. The number of rotatable bonds is 6. The Balaban J connectivity index is 2.54. The quantitative estimate of drug-likeness (QED) is 0.812. The Morgan fingerprint density at radius 1 is 1.10 bits per heavy atom. The van der Waals surface area contributed by atoms with Crippen LogP contribution < -0.4 is 0 Å². The van der Waals surface area contributed by atoms with Crippen molar-refractivity contribution < 1.29 is 14.7 Å². The predicted octanol–water partition coefficient (Wildman–Crippen LogP) is 3.45. The van der Waals surface area contributed by atoms with E-state index in [1.54, 1.807) is 0 Å². The molecule has 0 bridgehead atoms. The first-order valence-electron chi connectivity index (χ1n) is 8.04. The maximum absolute atomic E-state index is 12.7. The second-order valence-electron chi connectivity index (χ2n) is 6.16. The van der Waals surface area contributed by atoms with Crippen molar-refractivity contribution in [2.75, 3.05) is 6.54 Å². The SMILES string of the molecule is CC(C)N(CCCC(=O)O)C(=O)C1CCCCCCC1. The van der Waals surface area contributed by atoms with Crippen molar-refractivity contribution in [2.45, 2.75) is 77.7 Å². The summed E-state index contributed by atoms with van der Waals surface area (Å²) in [6.07, 6.45) is 8.77. The van der Waals surface area contributed by atoms with Gasteiger partial charge >= 0.3 is 5.97 Å². The first-order valence-corrected chi connectivity index (χ1v) is 8.04. The summed E-state index contributed by atoms with van der Waals surface area (Å²) in [6, 6.07) is 0.154. The monoisotopic (exact) mass is 283 g/mol. The van der Waals surface area contributed by atoms with Crippen molar-refractivity contribution in [2.24, 2.45) is 5.92 Å². The van der Waals surface area contributed by atoms with Gasteiger partial charge in [-0.25, -0.2) is 0 Å². The van der Waals surface area contributed by atoms with Crippen molar-refractivity contribution in [3.05, 3.63) is 0 Å². The number of carboxylic acids is 1. The average Bonchev–Trinajstić information content (AvgIpc) is 2.32. The van der Waals surface area contributed by atoms with Gasteiger partial charge in [0.1, 0.15) is 0 Å². The minimum Gasteiger partial charge on any atom is -0.481 e. The lowest BCUT2D eigenvalue weighted by atomic mass is 9.90. The van der Waals surface area contributed by atoms with Crippen LogP contribution in [0.3, 0.4) is 0 Å². The molecule has 4 heteroatoms. The van der Waals surface area contributed by atoms with Crippen LogP contribution in [0, 0.1) is 5.92 Å². The topological polar surface area (TPSA) is 57.6 Å². The van der Waals surface area contributed by atoms with E-state index in [-0.39, 0.29) is 24.3 Å². The van der Waals surface area contributed by atoms with E-state index in [1.807, 2.05) is 18.7 Å². The number of carboxylic acid groups (broad SMARTS) is 1. The van der Waals surface area contributed by atoms with Crippen molar-refractivity contribution in [1.82, 2.24) is 4.90 Å². The molecular formula is C16H29NO3. The summed E-state index contributed by atoms with van der Waals surface area (Å²) in [6.45, 7) is 4.60. The Bertz CT molecular complexity index is 307. The Kier molecular flexibility index (Phi) is 7.63. The second kappa shape index (κ2) is 8.98. The summed E-state index contributed by atoms with van der Waals surface area (Å²) < 4.78 is 0. The molecule has 1 amide bonds. The minimum atomic E-state index is -0.785. The van der Waals surface area contributed by atoms with Gasteiger partial charge in [0.05, 0.1) is 0 Å². The van der Waals surface area contributed by atoms with Crippen molar-refractivity contribution in [3.8, 4) is 0 Å². The predicted molar refractivity (Wildman–Crippen MR) is 79.5 cm³/mol. The molecule has 1 aliphatic carbocycles. The van der Waals surface area contributed by atoms with E-state index in [4.69, 9.17) is 5.11 Å². The van der Waals surface area contributed by atoms with Crippen molar-refractivity contribution in [3.63, 3.8) is 0 Å². The minimum absolute atomic E-state index is 0.140. The third-order valence-corrected chi connectivity index (χ3v) is 4.15. The lowest BCUT2D eigenvalue weighted by Gasteiger charge is -2.31. The number of hydrogen-bond donors (Lipinski definition) is 1. The van der Waals surface area contributed by atoms with E-state index in [1.165, 1.54) is 19.3 Å². The van der Waals surface area contributed by atoms with E-state index in [9.17, 15) is 9.59 Å². The molecule has 4 nitrogen and oxygen atoms in total. The van der Waals surface area contributed by atoms with Gasteiger partial charge in [-0.2, -0.15) is 0 Å². The highest BCUT2D eigenvalue weighted by Crippen LogP contribution is 2.24. The number of aliphatic carboxylic acids is 1. The van der Waals surface area contributed by atoms with E-state index >= 15 is 0 Å². The summed E-state index contributed by atoms with van der Waals surface area (Å²) in [5.74, 6) is -0.387. The third-order valence-electron chi connectivity index (χ3n) is 4.15. The van der Waals surface area contributed by atoms with Gasteiger partial charge in [0.25, 0.3) is 0 Å². The third kappa shape index (κ3) is 5.93. The number of carbonyl (C=O) groups is 2. The summed E-state index contributed by atoms with van der Waals surface area (Å²) in [4.78, 5) is 25.1. The van der Waals surface area contributed by atoms with E-state index < -0.39 is 5.97 Å². The fourth-order valence-electron chi connectivity index (χ4n) is 2.96. The van der Waals surface area contributed by atoms with Gasteiger partial charge < -0.3 is 10.0 Å². The molecule has 0 heterocycles. The summed E-state index contributed by atoms with van der Waals surface area (Å²) >= 11 is 0. The van der Waals surface area contributed by atoms with Gasteiger partial charge in [0.2, 0.25) is 5.91 Å². The van der Waals surface area contributed by atoms with Crippen LogP contribution in [0.4, 0.5) is 0 Å². The maximum Gasteiger partial charge on any atom is 0.303 e. The zero-order valence-corrected chi connectivity index (χ0v) is 12.9. The van der Waals surface area contributed by atoms with Gasteiger partial charge in [0.15, 0.2) is 0 Å². The molecule has 1 N–H and O–H groups in total. The molecule has 1 rings (SSSR count). The molecule has 0 aromatic carbocycles. The highest BCUT2D eigenvalue weighted by Gasteiger charge is 2.26. The number of hydrogen-bond acceptors (Lipinski definition) is 2. The fraction of sp³-hybridized carbons (Fsp3) is 0.875. The van der Waals surface area contributed by atoms with Gasteiger partial charge in [-0.1, -0.05) is 32.1 Å². The highest BCUT2D eigenvalue weighted by molar-refractivity contribution is 5.79. The molecule has 1 saturated carbocycles. The smallest absolute Gasteiger partial charge is 0.303 e. The van der Waals surface area contributed by atoms with Crippen LogP contribution in [0.2, 0.25) is 0 Å². The first kappa shape index (κ1) is 17.0. The highest BCUT2D eigenvalue weighted by atomic mass is 16.4. The summed E-state index contributed by atoms with van der Waals surface area (Å²) in [5, 5.41) is 8.72. The van der Waals surface area contributed by atoms with E-state index in [0.29, 0.717) is 13.0 Å². The first-order chi connectivity index (χ1) is 9.52. The van der Waals surface area contributed by atoms with Crippen LogP contribution in [0.15, 0.2) is 0 Å². The molecule has 20 heavy (non-hydrogen) atoms. The fourth-order valence-corrected chi connectivity index (χ4v) is 2.96. The van der Waals surface area contributed by atoms with Crippen molar-refractivity contribution >= 4 is 11.9 Å². The number of amides is 1. The van der Waals surface area contributed by atoms with Crippen LogP contribution in [0.25, 0.3) is 0 Å².